The van der Waals surface area contributed by atoms with E-state index in [1.165, 1.54) is 11.1 Å². The third-order valence-corrected chi connectivity index (χ3v) is 3.71. The average Bonchev–Trinajstić information content (AvgIpc) is 2.24. The molecule has 1 atom stereocenters. The van der Waals surface area contributed by atoms with E-state index < -0.39 is 0 Å². The Kier molecular flexibility index (Phi) is 5.80. The molecule has 1 rings (SSSR count). The van der Waals surface area contributed by atoms with Crippen molar-refractivity contribution in [1.29, 1.82) is 0 Å². The minimum Gasteiger partial charge on any atom is -0.271 e. The highest BCUT2D eigenvalue weighted by atomic mass is 32.2. The van der Waals surface area contributed by atoms with Crippen molar-refractivity contribution >= 4 is 11.8 Å². The first-order valence-corrected chi connectivity index (χ1v) is 6.74. The Morgan fingerprint density at radius 1 is 1.38 bits per heavy atom. The summed E-state index contributed by atoms with van der Waals surface area (Å²) in [6.07, 6.45) is 3.74. The van der Waals surface area contributed by atoms with Crippen LogP contribution in [-0.2, 0) is 0 Å². The molecule has 0 fully saturated rings. The van der Waals surface area contributed by atoms with Crippen molar-refractivity contribution in [3.8, 4) is 0 Å². The number of pyridine rings is 1. The molecule has 16 heavy (non-hydrogen) atoms. The number of hydrazine groups is 1. The van der Waals surface area contributed by atoms with Gasteiger partial charge in [0.1, 0.15) is 0 Å². The molecule has 3 N–H and O–H groups in total. The van der Waals surface area contributed by atoms with Crippen molar-refractivity contribution in [3.63, 3.8) is 0 Å². The van der Waals surface area contributed by atoms with Crippen molar-refractivity contribution in [1.82, 2.24) is 10.4 Å². The second-order valence-electron chi connectivity index (χ2n) is 4.45. The maximum Gasteiger partial charge on any atom is 0.0565 e. The topological polar surface area (TPSA) is 50.9 Å². The first-order chi connectivity index (χ1) is 7.63. The summed E-state index contributed by atoms with van der Waals surface area (Å²) in [5.74, 6) is 8.45. The van der Waals surface area contributed by atoms with Crippen molar-refractivity contribution < 1.29 is 0 Å². The molecule has 90 valence electrons. The molecule has 1 aromatic rings. The van der Waals surface area contributed by atoms with Crippen molar-refractivity contribution in [2.24, 2.45) is 11.8 Å². The lowest BCUT2D eigenvalue weighted by atomic mass is 10.1. The Morgan fingerprint density at radius 3 is 2.69 bits per heavy atom. The van der Waals surface area contributed by atoms with E-state index in [-0.39, 0.29) is 6.04 Å². The first kappa shape index (κ1) is 13.5. The summed E-state index contributed by atoms with van der Waals surface area (Å²) in [5, 5.41) is 0. The lowest BCUT2D eigenvalue weighted by Gasteiger charge is -2.16. The monoisotopic (exact) mass is 239 g/mol. The van der Waals surface area contributed by atoms with E-state index in [4.69, 9.17) is 5.84 Å². The molecule has 0 saturated heterocycles. The van der Waals surface area contributed by atoms with E-state index in [1.54, 1.807) is 0 Å². The quantitative estimate of drug-likeness (QED) is 0.591. The van der Waals surface area contributed by atoms with E-state index in [1.807, 2.05) is 31.1 Å². The molecule has 0 bridgehead atoms. The largest absolute Gasteiger partial charge is 0.271 e. The van der Waals surface area contributed by atoms with Gasteiger partial charge in [0.05, 0.1) is 6.04 Å². The SMILES string of the molecule is Cc1cncc(C(CSCC(C)C)NN)c1. The molecule has 0 aromatic carbocycles. The van der Waals surface area contributed by atoms with Gasteiger partial charge in [-0.3, -0.25) is 16.3 Å². The summed E-state index contributed by atoms with van der Waals surface area (Å²) in [7, 11) is 0. The van der Waals surface area contributed by atoms with E-state index >= 15 is 0 Å². The highest BCUT2D eigenvalue weighted by Crippen LogP contribution is 2.19. The zero-order chi connectivity index (χ0) is 12.0. The molecule has 0 spiro atoms. The Hall–Kier alpha value is -0.580. The van der Waals surface area contributed by atoms with E-state index in [0.717, 1.165) is 17.4 Å². The Labute approximate surface area is 102 Å². The predicted octanol–water partition coefficient (Wildman–Crippen LogP) is 2.28. The molecular weight excluding hydrogens is 218 g/mol. The lowest BCUT2D eigenvalue weighted by molar-refractivity contribution is 0.607. The van der Waals surface area contributed by atoms with Gasteiger partial charge in [0.15, 0.2) is 0 Å². The molecule has 4 heteroatoms. The van der Waals surface area contributed by atoms with Gasteiger partial charge in [-0.15, -0.1) is 0 Å². The van der Waals surface area contributed by atoms with Crippen LogP contribution >= 0.6 is 11.8 Å². The maximum atomic E-state index is 5.58. The fraction of sp³-hybridized carbons (Fsp3) is 0.583. The van der Waals surface area contributed by atoms with E-state index in [2.05, 4.69) is 30.3 Å². The van der Waals surface area contributed by atoms with Gasteiger partial charge in [0.25, 0.3) is 0 Å². The summed E-state index contributed by atoms with van der Waals surface area (Å²) in [5.41, 5.74) is 5.20. The van der Waals surface area contributed by atoms with Crippen LogP contribution in [0, 0.1) is 12.8 Å². The molecule has 3 nitrogen and oxygen atoms in total. The van der Waals surface area contributed by atoms with E-state index in [9.17, 15) is 0 Å². The molecule has 0 aliphatic carbocycles. The Balaban J connectivity index is 2.53. The number of nitrogens with one attached hydrogen (secondary N) is 1. The molecule has 0 aliphatic heterocycles. The van der Waals surface area contributed by atoms with Crippen LogP contribution in [-0.4, -0.2) is 16.5 Å². The highest BCUT2D eigenvalue weighted by Gasteiger charge is 2.10. The molecule has 0 radical (unpaired) electrons. The number of hydrogen-bond donors (Lipinski definition) is 2. The Morgan fingerprint density at radius 2 is 2.12 bits per heavy atom. The summed E-state index contributed by atoms with van der Waals surface area (Å²) < 4.78 is 0. The number of rotatable bonds is 6. The maximum absolute atomic E-state index is 5.58. The molecular formula is C12H21N3S. The van der Waals surface area contributed by atoms with Crippen LogP contribution in [0.4, 0.5) is 0 Å². The van der Waals surface area contributed by atoms with Gasteiger partial charge in [-0.2, -0.15) is 11.8 Å². The van der Waals surface area contributed by atoms with Crippen LogP contribution in [0.1, 0.15) is 31.0 Å². The molecule has 0 amide bonds. The average molecular weight is 239 g/mol. The standard InChI is InChI=1S/C12H21N3S/c1-9(2)7-16-8-12(15-13)11-4-10(3)5-14-6-11/h4-6,9,12,15H,7-8,13H2,1-3H3. The fourth-order valence-corrected chi connectivity index (χ4v) is 2.56. The summed E-state index contributed by atoms with van der Waals surface area (Å²) in [6, 6.07) is 2.32. The molecule has 1 aromatic heterocycles. The highest BCUT2D eigenvalue weighted by molar-refractivity contribution is 7.99. The summed E-state index contributed by atoms with van der Waals surface area (Å²) in [6.45, 7) is 6.50. The van der Waals surface area contributed by atoms with Gasteiger partial charge in [-0.25, -0.2) is 0 Å². The van der Waals surface area contributed by atoms with Gasteiger partial charge >= 0.3 is 0 Å². The lowest BCUT2D eigenvalue weighted by Crippen LogP contribution is -2.30. The number of nitrogens with zero attached hydrogens (tertiary/aromatic N) is 1. The minimum atomic E-state index is 0.191. The van der Waals surface area contributed by atoms with Crippen LogP contribution in [0.3, 0.4) is 0 Å². The third-order valence-electron chi connectivity index (χ3n) is 2.24. The normalized spacial score (nSPS) is 13.1. The van der Waals surface area contributed by atoms with Crippen LogP contribution in [0.5, 0.6) is 0 Å². The molecule has 0 saturated carbocycles. The van der Waals surface area contributed by atoms with Gasteiger partial charge < -0.3 is 0 Å². The van der Waals surface area contributed by atoms with Gasteiger partial charge in [0, 0.05) is 18.1 Å². The number of aryl methyl sites for hydroxylation is 1. The molecule has 1 unspecified atom stereocenters. The summed E-state index contributed by atoms with van der Waals surface area (Å²) >= 11 is 1.92. The minimum absolute atomic E-state index is 0.191. The van der Waals surface area contributed by atoms with Crippen molar-refractivity contribution in [3.05, 3.63) is 29.6 Å². The number of aromatic nitrogens is 1. The fourth-order valence-electron chi connectivity index (χ4n) is 1.43. The molecule has 1 heterocycles. The van der Waals surface area contributed by atoms with E-state index in [0.29, 0.717) is 0 Å². The van der Waals surface area contributed by atoms with Crippen molar-refractivity contribution in [2.75, 3.05) is 11.5 Å². The zero-order valence-corrected chi connectivity index (χ0v) is 11.1. The molecule has 0 aliphatic rings. The summed E-state index contributed by atoms with van der Waals surface area (Å²) in [4.78, 5) is 4.19. The Bertz CT molecular complexity index is 315. The van der Waals surface area contributed by atoms with Crippen LogP contribution in [0.15, 0.2) is 18.5 Å². The van der Waals surface area contributed by atoms with Gasteiger partial charge in [0.2, 0.25) is 0 Å². The second-order valence-corrected chi connectivity index (χ2v) is 5.52. The van der Waals surface area contributed by atoms with Crippen LogP contribution in [0.2, 0.25) is 0 Å². The van der Waals surface area contributed by atoms with Gasteiger partial charge in [-0.05, 0) is 29.7 Å². The van der Waals surface area contributed by atoms with Crippen LogP contribution < -0.4 is 11.3 Å². The van der Waals surface area contributed by atoms with Crippen LogP contribution in [0.25, 0.3) is 0 Å². The predicted molar refractivity (Wildman–Crippen MR) is 71.2 cm³/mol. The number of hydrogen-bond acceptors (Lipinski definition) is 4. The van der Waals surface area contributed by atoms with Gasteiger partial charge in [-0.1, -0.05) is 19.9 Å². The number of nitrogens with two attached hydrogens (primary N) is 1. The first-order valence-electron chi connectivity index (χ1n) is 5.59. The second kappa shape index (κ2) is 6.89. The smallest absolute Gasteiger partial charge is 0.0565 e. The number of thioether (sulfide) groups is 1. The zero-order valence-electron chi connectivity index (χ0n) is 10.2. The van der Waals surface area contributed by atoms with Crippen molar-refractivity contribution in [2.45, 2.75) is 26.8 Å². The third kappa shape index (κ3) is 4.51.